The van der Waals surface area contributed by atoms with Crippen molar-refractivity contribution in [2.24, 2.45) is 0 Å². The zero-order valence-corrected chi connectivity index (χ0v) is 14.9. The SMILES string of the molecule is O=C(O)CCCN(c1ccc(Cl)cc1)S(=O)(=O)c1ccc(Cl)cc1. The highest BCUT2D eigenvalue weighted by Crippen LogP contribution is 2.26. The number of carboxylic acids is 1. The van der Waals surface area contributed by atoms with Crippen LogP contribution in [0.3, 0.4) is 0 Å². The summed E-state index contributed by atoms with van der Waals surface area (Å²) in [5.74, 6) is -0.977. The van der Waals surface area contributed by atoms with Gasteiger partial charge < -0.3 is 5.11 Å². The molecule has 0 aliphatic rings. The quantitative estimate of drug-likeness (QED) is 0.777. The number of nitrogens with zero attached hydrogens (tertiary/aromatic N) is 1. The lowest BCUT2D eigenvalue weighted by Gasteiger charge is -2.24. The molecule has 0 amide bonds. The molecule has 0 bridgehead atoms. The Kier molecular flexibility index (Phi) is 6.10. The van der Waals surface area contributed by atoms with Crippen LogP contribution in [0.2, 0.25) is 10.0 Å². The lowest BCUT2D eigenvalue weighted by atomic mass is 10.3. The third-order valence-electron chi connectivity index (χ3n) is 3.27. The number of anilines is 1. The molecule has 0 radical (unpaired) electrons. The topological polar surface area (TPSA) is 74.7 Å². The Balaban J connectivity index is 2.38. The van der Waals surface area contributed by atoms with Crippen LogP contribution in [-0.2, 0) is 14.8 Å². The van der Waals surface area contributed by atoms with E-state index in [1.165, 1.54) is 28.6 Å². The third-order valence-corrected chi connectivity index (χ3v) is 5.61. The van der Waals surface area contributed by atoms with Crippen molar-refractivity contribution in [1.29, 1.82) is 0 Å². The predicted octanol–water partition coefficient (Wildman–Crippen LogP) is 4.05. The van der Waals surface area contributed by atoms with Crippen LogP contribution in [-0.4, -0.2) is 26.0 Å². The Bertz CT molecular complexity index is 805. The maximum atomic E-state index is 12.9. The fourth-order valence-electron chi connectivity index (χ4n) is 2.10. The second kappa shape index (κ2) is 7.88. The van der Waals surface area contributed by atoms with Gasteiger partial charge in [0.2, 0.25) is 0 Å². The highest BCUT2D eigenvalue weighted by Gasteiger charge is 2.24. The number of hydrogen-bond donors (Lipinski definition) is 1. The number of benzene rings is 2. The van der Waals surface area contributed by atoms with Gasteiger partial charge in [-0.1, -0.05) is 23.2 Å². The van der Waals surface area contributed by atoms with Gasteiger partial charge in [0.1, 0.15) is 0 Å². The van der Waals surface area contributed by atoms with Crippen LogP contribution in [0, 0.1) is 0 Å². The van der Waals surface area contributed by atoms with Gasteiger partial charge in [0.05, 0.1) is 10.6 Å². The van der Waals surface area contributed by atoms with Gasteiger partial charge in [0.15, 0.2) is 0 Å². The molecule has 0 unspecified atom stereocenters. The average Bonchev–Trinajstić information content (AvgIpc) is 2.53. The maximum absolute atomic E-state index is 12.9. The first kappa shape index (κ1) is 18.6. The van der Waals surface area contributed by atoms with E-state index in [1.807, 2.05) is 0 Å². The number of carbonyl (C=O) groups is 1. The van der Waals surface area contributed by atoms with E-state index in [-0.39, 0.29) is 24.3 Å². The van der Waals surface area contributed by atoms with Gasteiger partial charge in [-0.2, -0.15) is 0 Å². The Labute approximate surface area is 150 Å². The van der Waals surface area contributed by atoms with Crippen LogP contribution >= 0.6 is 23.2 Å². The first-order chi connectivity index (χ1) is 11.3. The van der Waals surface area contributed by atoms with E-state index in [2.05, 4.69) is 0 Å². The number of sulfonamides is 1. The monoisotopic (exact) mass is 387 g/mol. The van der Waals surface area contributed by atoms with Crippen LogP contribution in [0.5, 0.6) is 0 Å². The van der Waals surface area contributed by atoms with Gasteiger partial charge >= 0.3 is 5.97 Å². The van der Waals surface area contributed by atoms with Gasteiger partial charge in [0.25, 0.3) is 10.0 Å². The molecule has 0 aliphatic carbocycles. The number of rotatable bonds is 7. The Morgan fingerprint density at radius 2 is 1.46 bits per heavy atom. The molecule has 2 rings (SSSR count). The number of hydrogen-bond acceptors (Lipinski definition) is 3. The van der Waals surface area contributed by atoms with Gasteiger partial charge in [-0.05, 0) is 55.0 Å². The minimum atomic E-state index is -3.84. The van der Waals surface area contributed by atoms with Gasteiger partial charge in [-0.3, -0.25) is 9.10 Å². The smallest absolute Gasteiger partial charge is 0.303 e. The van der Waals surface area contributed by atoms with Gasteiger partial charge in [0, 0.05) is 23.0 Å². The Hall–Kier alpha value is -1.76. The molecule has 5 nitrogen and oxygen atoms in total. The van der Waals surface area contributed by atoms with Crippen molar-refractivity contribution in [1.82, 2.24) is 0 Å². The van der Waals surface area contributed by atoms with Crippen molar-refractivity contribution >= 4 is 44.9 Å². The summed E-state index contributed by atoms with van der Waals surface area (Å²) in [6.07, 6.45) is 0.0605. The summed E-state index contributed by atoms with van der Waals surface area (Å²) in [5.41, 5.74) is 0.416. The second-order valence-electron chi connectivity index (χ2n) is 5.00. The van der Waals surface area contributed by atoms with Crippen molar-refractivity contribution in [3.8, 4) is 0 Å². The largest absolute Gasteiger partial charge is 0.481 e. The maximum Gasteiger partial charge on any atom is 0.303 e. The molecule has 24 heavy (non-hydrogen) atoms. The predicted molar refractivity (Wildman–Crippen MR) is 94.3 cm³/mol. The second-order valence-corrected chi connectivity index (χ2v) is 7.74. The fourth-order valence-corrected chi connectivity index (χ4v) is 3.86. The van der Waals surface area contributed by atoms with E-state index >= 15 is 0 Å². The summed E-state index contributed by atoms with van der Waals surface area (Å²) in [6, 6.07) is 12.1. The van der Waals surface area contributed by atoms with Gasteiger partial charge in [-0.25, -0.2) is 8.42 Å². The molecule has 0 aromatic heterocycles. The fraction of sp³-hybridized carbons (Fsp3) is 0.188. The molecule has 0 heterocycles. The summed E-state index contributed by atoms with van der Waals surface area (Å²) in [6.45, 7) is 0.0406. The first-order valence-corrected chi connectivity index (χ1v) is 9.26. The zero-order valence-electron chi connectivity index (χ0n) is 12.5. The van der Waals surface area contributed by atoms with E-state index in [1.54, 1.807) is 24.3 Å². The minimum absolute atomic E-state index is 0.0406. The number of aliphatic carboxylic acids is 1. The van der Waals surface area contributed by atoms with Gasteiger partial charge in [-0.15, -0.1) is 0 Å². The number of halogens is 2. The van der Waals surface area contributed by atoms with Crippen LogP contribution in [0.25, 0.3) is 0 Å². The van der Waals surface area contributed by atoms with E-state index in [0.29, 0.717) is 15.7 Å². The average molecular weight is 388 g/mol. The molecule has 128 valence electrons. The van der Waals surface area contributed by atoms with E-state index in [4.69, 9.17) is 28.3 Å². The molecule has 0 spiro atoms. The molecule has 2 aromatic rings. The first-order valence-electron chi connectivity index (χ1n) is 7.06. The molecule has 0 saturated carbocycles. The van der Waals surface area contributed by atoms with E-state index < -0.39 is 16.0 Å². The summed E-state index contributed by atoms with van der Waals surface area (Å²) >= 11 is 11.7. The third kappa shape index (κ3) is 4.63. The van der Waals surface area contributed by atoms with Crippen molar-refractivity contribution in [2.45, 2.75) is 17.7 Å². The molecule has 0 atom stereocenters. The molecular weight excluding hydrogens is 373 g/mol. The van der Waals surface area contributed by atoms with E-state index in [9.17, 15) is 13.2 Å². The summed E-state index contributed by atoms with van der Waals surface area (Å²) in [7, 11) is -3.84. The lowest BCUT2D eigenvalue weighted by molar-refractivity contribution is -0.137. The highest BCUT2D eigenvalue weighted by molar-refractivity contribution is 7.92. The summed E-state index contributed by atoms with van der Waals surface area (Å²) < 4.78 is 27.0. The Morgan fingerprint density at radius 3 is 1.96 bits per heavy atom. The molecule has 0 aliphatic heterocycles. The number of carboxylic acid groups (broad SMARTS) is 1. The van der Waals surface area contributed by atoms with Crippen LogP contribution in [0.1, 0.15) is 12.8 Å². The summed E-state index contributed by atoms with van der Waals surface area (Å²) in [4.78, 5) is 10.8. The van der Waals surface area contributed by atoms with Crippen molar-refractivity contribution in [3.63, 3.8) is 0 Å². The summed E-state index contributed by atoms with van der Waals surface area (Å²) in [5, 5.41) is 9.69. The zero-order chi connectivity index (χ0) is 17.7. The normalized spacial score (nSPS) is 11.2. The molecule has 2 aromatic carbocycles. The highest BCUT2D eigenvalue weighted by atomic mass is 35.5. The molecule has 1 N–H and O–H groups in total. The van der Waals surface area contributed by atoms with Crippen molar-refractivity contribution < 1.29 is 18.3 Å². The lowest BCUT2D eigenvalue weighted by Crippen LogP contribution is -2.32. The van der Waals surface area contributed by atoms with Crippen molar-refractivity contribution in [3.05, 3.63) is 58.6 Å². The molecule has 8 heteroatoms. The van der Waals surface area contributed by atoms with Crippen LogP contribution in [0.4, 0.5) is 5.69 Å². The Morgan fingerprint density at radius 1 is 0.958 bits per heavy atom. The molecule has 0 fully saturated rings. The standard InChI is InChI=1S/C16H15Cl2NO4S/c17-12-3-7-14(8-4-12)19(11-1-2-16(20)21)24(22,23)15-9-5-13(18)6-10-15/h3-10H,1-2,11H2,(H,20,21). The van der Waals surface area contributed by atoms with Crippen LogP contribution < -0.4 is 4.31 Å². The molecule has 0 saturated heterocycles. The van der Waals surface area contributed by atoms with Crippen LogP contribution in [0.15, 0.2) is 53.4 Å². The van der Waals surface area contributed by atoms with Crippen molar-refractivity contribution in [2.75, 3.05) is 10.8 Å². The minimum Gasteiger partial charge on any atom is -0.481 e. The van der Waals surface area contributed by atoms with E-state index in [0.717, 1.165) is 0 Å². The molecular formula is C16H15Cl2NO4S.